The quantitative estimate of drug-likeness (QED) is 0.902. The van der Waals surface area contributed by atoms with E-state index in [0.717, 1.165) is 21.2 Å². The number of halogens is 2. The molecule has 0 aliphatic heterocycles. The Kier molecular flexibility index (Phi) is 5.23. The fraction of sp³-hybridized carbons (Fsp3) is 0.545. The van der Waals surface area contributed by atoms with E-state index in [-0.39, 0.29) is 0 Å². The van der Waals surface area contributed by atoms with Gasteiger partial charge in [0.2, 0.25) is 0 Å². The zero-order valence-corrected chi connectivity index (χ0v) is 12.4. The molecule has 1 N–H and O–H groups in total. The van der Waals surface area contributed by atoms with Crippen molar-refractivity contribution in [2.75, 3.05) is 6.54 Å². The van der Waals surface area contributed by atoms with E-state index in [9.17, 15) is 0 Å². The summed E-state index contributed by atoms with van der Waals surface area (Å²) in [5.74, 6) is 0.523. The van der Waals surface area contributed by atoms with Gasteiger partial charge >= 0.3 is 0 Å². The Hall–Kier alpha value is 0.0700. The number of nitrogens with zero attached hydrogens (tertiary/aromatic N) is 1. The Labute approximate surface area is 108 Å². The molecule has 0 bridgehead atoms. The second-order valence-electron chi connectivity index (χ2n) is 3.80. The average Bonchev–Trinajstić information content (AvgIpc) is 2.15. The van der Waals surface area contributed by atoms with E-state index in [0.29, 0.717) is 12.0 Å². The zero-order valence-electron chi connectivity index (χ0n) is 9.22. The first-order valence-electron chi connectivity index (χ1n) is 5.10. The van der Waals surface area contributed by atoms with E-state index in [2.05, 4.69) is 62.9 Å². The maximum atomic E-state index is 4.46. The van der Waals surface area contributed by atoms with Crippen LogP contribution in [0.3, 0.4) is 0 Å². The maximum absolute atomic E-state index is 4.46. The van der Waals surface area contributed by atoms with Crippen LogP contribution in [0.4, 0.5) is 0 Å². The topological polar surface area (TPSA) is 24.9 Å². The lowest BCUT2D eigenvalue weighted by molar-refractivity contribution is 0.411. The van der Waals surface area contributed by atoms with Gasteiger partial charge in [-0.15, -0.1) is 0 Å². The fourth-order valence-corrected chi connectivity index (χ4v) is 2.76. The molecule has 1 rings (SSSR count). The van der Waals surface area contributed by atoms with Crippen LogP contribution in [0.2, 0.25) is 0 Å². The van der Waals surface area contributed by atoms with Gasteiger partial charge in [-0.05, 0) is 50.4 Å². The largest absolute Gasteiger partial charge is 0.309 e. The predicted molar refractivity (Wildman–Crippen MR) is 70.9 cm³/mol. The minimum atomic E-state index is 0.303. The van der Waals surface area contributed by atoms with Gasteiger partial charge in [0.25, 0.3) is 0 Å². The lowest BCUT2D eigenvalue weighted by Crippen LogP contribution is -2.26. The smallest absolute Gasteiger partial charge is 0.0718 e. The minimum absolute atomic E-state index is 0.303. The van der Waals surface area contributed by atoms with E-state index < -0.39 is 0 Å². The highest BCUT2D eigenvalue weighted by atomic mass is 79.9. The molecule has 0 saturated carbocycles. The molecule has 0 radical (unpaired) electrons. The van der Waals surface area contributed by atoms with Crippen molar-refractivity contribution in [3.63, 3.8) is 0 Å². The SMILES string of the molecule is CCNC(c1ncc(Br)cc1Br)C(C)C. The molecule has 0 aliphatic carbocycles. The van der Waals surface area contributed by atoms with Gasteiger partial charge in [-0.2, -0.15) is 0 Å². The van der Waals surface area contributed by atoms with Crippen LogP contribution in [0.15, 0.2) is 21.2 Å². The number of hydrogen-bond donors (Lipinski definition) is 1. The van der Waals surface area contributed by atoms with Crippen molar-refractivity contribution in [1.82, 2.24) is 10.3 Å². The van der Waals surface area contributed by atoms with Crippen molar-refractivity contribution in [2.45, 2.75) is 26.8 Å². The number of pyridine rings is 1. The summed E-state index contributed by atoms with van der Waals surface area (Å²) in [5.41, 5.74) is 1.08. The molecule has 1 heterocycles. The number of hydrogen-bond acceptors (Lipinski definition) is 2. The van der Waals surface area contributed by atoms with Gasteiger partial charge in [0, 0.05) is 15.1 Å². The fourth-order valence-electron chi connectivity index (χ4n) is 1.52. The summed E-state index contributed by atoms with van der Waals surface area (Å²) in [5, 5.41) is 3.45. The maximum Gasteiger partial charge on any atom is 0.0718 e. The molecular formula is C11H16Br2N2. The summed E-state index contributed by atoms with van der Waals surface area (Å²) in [6.07, 6.45) is 1.84. The van der Waals surface area contributed by atoms with Crippen molar-refractivity contribution in [1.29, 1.82) is 0 Å². The number of nitrogens with one attached hydrogen (secondary N) is 1. The Balaban J connectivity index is 3.00. The molecule has 2 nitrogen and oxygen atoms in total. The normalized spacial score (nSPS) is 13.2. The zero-order chi connectivity index (χ0) is 11.4. The van der Waals surface area contributed by atoms with Gasteiger partial charge in [-0.3, -0.25) is 4.98 Å². The van der Waals surface area contributed by atoms with Crippen LogP contribution in [-0.4, -0.2) is 11.5 Å². The van der Waals surface area contributed by atoms with Crippen LogP contribution in [0.25, 0.3) is 0 Å². The molecule has 0 aromatic carbocycles. The van der Waals surface area contributed by atoms with Crippen LogP contribution < -0.4 is 5.32 Å². The molecule has 0 saturated heterocycles. The highest BCUT2D eigenvalue weighted by Crippen LogP contribution is 2.28. The monoisotopic (exact) mass is 334 g/mol. The Bertz CT molecular complexity index is 326. The average molecular weight is 336 g/mol. The van der Waals surface area contributed by atoms with Crippen molar-refractivity contribution in [2.24, 2.45) is 5.92 Å². The second kappa shape index (κ2) is 5.97. The van der Waals surface area contributed by atoms with Gasteiger partial charge in [0.1, 0.15) is 0 Å². The standard InChI is InChI=1S/C11H16Br2N2/c1-4-14-10(7(2)3)11-9(13)5-8(12)6-15-11/h5-7,10,14H,4H2,1-3H3. The van der Waals surface area contributed by atoms with E-state index in [1.54, 1.807) is 0 Å². The first-order valence-corrected chi connectivity index (χ1v) is 6.69. The first-order chi connectivity index (χ1) is 7.06. The highest BCUT2D eigenvalue weighted by Gasteiger charge is 2.18. The van der Waals surface area contributed by atoms with Crippen molar-refractivity contribution in [3.05, 3.63) is 26.9 Å². The first kappa shape index (κ1) is 13.1. The Morgan fingerprint density at radius 2 is 2.07 bits per heavy atom. The summed E-state index contributed by atoms with van der Waals surface area (Å²) in [6, 6.07) is 2.34. The minimum Gasteiger partial charge on any atom is -0.309 e. The van der Waals surface area contributed by atoms with Crippen LogP contribution in [0.5, 0.6) is 0 Å². The Morgan fingerprint density at radius 3 is 2.53 bits per heavy atom. The molecule has 84 valence electrons. The van der Waals surface area contributed by atoms with Gasteiger partial charge in [0.15, 0.2) is 0 Å². The van der Waals surface area contributed by atoms with Gasteiger partial charge in [0.05, 0.1) is 11.7 Å². The van der Waals surface area contributed by atoms with E-state index in [1.807, 2.05) is 12.3 Å². The number of aromatic nitrogens is 1. The van der Waals surface area contributed by atoms with Crippen molar-refractivity contribution >= 4 is 31.9 Å². The molecule has 1 atom stereocenters. The van der Waals surface area contributed by atoms with Gasteiger partial charge in [-0.25, -0.2) is 0 Å². The predicted octanol–water partition coefficient (Wildman–Crippen LogP) is 3.91. The molecule has 1 aromatic heterocycles. The molecule has 1 aromatic rings. The van der Waals surface area contributed by atoms with Crippen LogP contribution in [-0.2, 0) is 0 Å². The molecule has 0 aliphatic rings. The summed E-state index contributed by atoms with van der Waals surface area (Å²) in [6.45, 7) is 7.46. The summed E-state index contributed by atoms with van der Waals surface area (Å²) >= 11 is 6.96. The second-order valence-corrected chi connectivity index (χ2v) is 5.57. The molecule has 0 spiro atoms. The van der Waals surface area contributed by atoms with E-state index >= 15 is 0 Å². The Morgan fingerprint density at radius 1 is 1.40 bits per heavy atom. The summed E-state index contributed by atoms with van der Waals surface area (Å²) < 4.78 is 2.05. The molecule has 4 heteroatoms. The van der Waals surface area contributed by atoms with E-state index in [1.165, 1.54) is 0 Å². The van der Waals surface area contributed by atoms with E-state index in [4.69, 9.17) is 0 Å². The highest BCUT2D eigenvalue weighted by molar-refractivity contribution is 9.11. The number of rotatable bonds is 4. The molecule has 1 unspecified atom stereocenters. The molecular weight excluding hydrogens is 320 g/mol. The lowest BCUT2D eigenvalue weighted by Gasteiger charge is -2.22. The van der Waals surface area contributed by atoms with Gasteiger partial charge < -0.3 is 5.32 Å². The van der Waals surface area contributed by atoms with Crippen molar-refractivity contribution in [3.8, 4) is 0 Å². The molecule has 0 fully saturated rings. The third-order valence-electron chi connectivity index (χ3n) is 2.22. The lowest BCUT2D eigenvalue weighted by atomic mass is 10.0. The van der Waals surface area contributed by atoms with Crippen LogP contribution in [0, 0.1) is 5.92 Å². The summed E-state index contributed by atoms with van der Waals surface area (Å²) in [7, 11) is 0. The third-order valence-corrected chi connectivity index (χ3v) is 3.29. The van der Waals surface area contributed by atoms with Gasteiger partial charge in [-0.1, -0.05) is 20.8 Å². The third kappa shape index (κ3) is 3.54. The molecule has 15 heavy (non-hydrogen) atoms. The van der Waals surface area contributed by atoms with Crippen molar-refractivity contribution < 1.29 is 0 Å². The van der Waals surface area contributed by atoms with Crippen LogP contribution in [0.1, 0.15) is 32.5 Å². The molecule has 0 amide bonds. The summed E-state index contributed by atoms with van der Waals surface area (Å²) in [4.78, 5) is 4.46. The van der Waals surface area contributed by atoms with Crippen LogP contribution >= 0.6 is 31.9 Å².